The summed E-state index contributed by atoms with van der Waals surface area (Å²) < 4.78 is -0.651. The Hall–Kier alpha value is -0.374. The molecule has 0 aliphatic rings. The first-order chi connectivity index (χ1) is 5.75. The minimum Gasteiger partial charge on any atom is -0.848 e. The van der Waals surface area contributed by atoms with E-state index in [1.807, 2.05) is 0 Å². The van der Waals surface area contributed by atoms with E-state index in [-0.39, 0.29) is 29.6 Å². The van der Waals surface area contributed by atoms with Gasteiger partial charge in [0.05, 0.1) is 20.6 Å². The molecule has 0 saturated heterocycles. The predicted molar refractivity (Wildman–Crippen MR) is 41.5 cm³/mol. The molecule has 0 spiro atoms. The van der Waals surface area contributed by atoms with Gasteiger partial charge in [-0.25, -0.2) is 0 Å². The van der Waals surface area contributed by atoms with Crippen LogP contribution in [0.3, 0.4) is 0 Å². The summed E-state index contributed by atoms with van der Waals surface area (Å²) in [6.07, 6.45) is -3.59. The Kier molecular flexibility index (Phi) is 7.09. The van der Waals surface area contributed by atoms with Crippen molar-refractivity contribution in [1.82, 2.24) is 0 Å². The topological polar surface area (TPSA) is 103 Å². The molecule has 0 fully saturated rings. The Morgan fingerprint density at radius 1 is 1.29 bits per heavy atom. The van der Waals surface area contributed by atoms with E-state index >= 15 is 0 Å². The summed E-state index contributed by atoms with van der Waals surface area (Å²) in [7, 11) is 2.52. The molecule has 0 saturated carbocycles. The third-order valence-electron chi connectivity index (χ3n) is 1.55. The van der Waals surface area contributed by atoms with E-state index in [0.717, 1.165) is 0 Å². The van der Waals surface area contributed by atoms with Crippen molar-refractivity contribution in [2.45, 2.75) is 12.5 Å². The summed E-state index contributed by atoms with van der Waals surface area (Å²) in [6.45, 7) is -0.337. The fourth-order valence-corrected chi connectivity index (χ4v) is 0.834. The van der Waals surface area contributed by atoms with Crippen LogP contribution in [0, 0.1) is 0 Å². The first-order valence-corrected chi connectivity index (χ1v) is 3.66. The van der Waals surface area contributed by atoms with Gasteiger partial charge in [0.25, 0.3) is 6.09 Å². The number of carbonyl (C=O) groups excluding carboxylic acids is 2. The Bertz CT molecular complexity index is 218. The number of hydrogen-bond donors (Lipinski definition) is 0. The Morgan fingerprint density at radius 3 is 2.00 bits per heavy atom. The van der Waals surface area contributed by atoms with Crippen LogP contribution < -0.4 is 15.3 Å². The Balaban J connectivity index is 0. The van der Waals surface area contributed by atoms with Gasteiger partial charge < -0.3 is 24.9 Å². The molecule has 0 bridgehead atoms. The molecule has 0 aromatic heterocycles. The summed E-state index contributed by atoms with van der Waals surface area (Å²) in [4.78, 5) is 20.4. The average Bonchev–Trinajstić information content (AvgIpc) is 1.82. The summed E-state index contributed by atoms with van der Waals surface area (Å²) >= 11 is 0. The molecule has 0 radical (unpaired) electrons. The number of carboxylic acids is 1. The summed E-state index contributed by atoms with van der Waals surface area (Å²) in [5.74, 6) is -1.47. The maximum Gasteiger partial charge on any atom is 2.00 e. The van der Waals surface area contributed by atoms with Crippen LogP contribution in [0.4, 0.5) is 4.79 Å². The zero-order valence-corrected chi connectivity index (χ0v) is 9.60. The number of aliphatic carboxylic acids is 1. The third-order valence-corrected chi connectivity index (χ3v) is 1.55. The zero-order valence-electron chi connectivity index (χ0n) is 8.19. The number of amides is 1. The van der Waals surface area contributed by atoms with Crippen molar-refractivity contribution in [3.8, 4) is 0 Å². The molecule has 14 heavy (non-hydrogen) atoms. The molecule has 0 aromatic rings. The van der Waals surface area contributed by atoms with Gasteiger partial charge in [0.15, 0.2) is 0 Å². The SMILES string of the molecule is C[N+](C)(CC([O-])CC(=O)[O-])C(=O)[O-].[Mg+2]. The van der Waals surface area contributed by atoms with Crippen LogP contribution in [0.25, 0.3) is 0 Å². The van der Waals surface area contributed by atoms with Gasteiger partial charge >= 0.3 is 23.1 Å². The van der Waals surface area contributed by atoms with Gasteiger partial charge in [-0.2, -0.15) is 0 Å². The van der Waals surface area contributed by atoms with E-state index in [4.69, 9.17) is 0 Å². The fourth-order valence-electron chi connectivity index (χ4n) is 0.834. The largest absolute Gasteiger partial charge is 2.00 e. The minimum atomic E-state index is -1.49. The molecule has 1 amide bonds. The molecule has 0 N–H and O–H groups in total. The van der Waals surface area contributed by atoms with Gasteiger partial charge in [-0.05, 0) is 6.42 Å². The van der Waals surface area contributed by atoms with Crippen LogP contribution in [0.2, 0.25) is 0 Å². The average molecular weight is 213 g/mol. The van der Waals surface area contributed by atoms with E-state index in [2.05, 4.69) is 0 Å². The van der Waals surface area contributed by atoms with Crippen molar-refractivity contribution in [3.63, 3.8) is 0 Å². The number of quaternary nitrogens is 1. The third kappa shape index (κ3) is 6.14. The monoisotopic (exact) mass is 213 g/mol. The van der Waals surface area contributed by atoms with Crippen LogP contribution in [-0.4, -0.2) is 66.3 Å². The second-order valence-corrected chi connectivity index (χ2v) is 3.33. The number of carboxylic acid groups (broad SMARTS) is 2. The van der Waals surface area contributed by atoms with E-state index in [1.54, 1.807) is 0 Å². The summed E-state index contributed by atoms with van der Waals surface area (Å²) in [5, 5.41) is 31.3. The van der Waals surface area contributed by atoms with Crippen LogP contribution in [0.5, 0.6) is 0 Å². The maximum absolute atomic E-state index is 10.9. The minimum absolute atomic E-state index is 0. The molecule has 1 unspecified atom stereocenters. The normalized spacial score (nSPS) is 12.8. The van der Waals surface area contributed by atoms with Crippen molar-refractivity contribution in [2.24, 2.45) is 0 Å². The number of hydrogen-bond acceptors (Lipinski definition) is 5. The molecule has 0 aromatic carbocycles. The van der Waals surface area contributed by atoms with Gasteiger partial charge in [-0.15, -0.1) is 0 Å². The van der Waals surface area contributed by atoms with Crippen molar-refractivity contribution in [2.75, 3.05) is 20.6 Å². The second kappa shape index (κ2) is 6.17. The van der Waals surface area contributed by atoms with Crippen molar-refractivity contribution >= 4 is 35.1 Å². The molecule has 7 heteroatoms. The van der Waals surface area contributed by atoms with Gasteiger partial charge in [-0.3, -0.25) is 4.48 Å². The molecule has 0 rings (SSSR count). The Morgan fingerprint density at radius 2 is 1.71 bits per heavy atom. The first-order valence-electron chi connectivity index (χ1n) is 3.66. The molecule has 76 valence electrons. The van der Waals surface area contributed by atoms with Gasteiger partial charge in [-0.1, -0.05) is 6.10 Å². The molecule has 6 nitrogen and oxygen atoms in total. The summed E-state index contributed by atoms with van der Waals surface area (Å²) in [6, 6.07) is 0. The molecular weight excluding hydrogens is 202 g/mol. The van der Waals surface area contributed by atoms with Crippen molar-refractivity contribution < 1.29 is 29.4 Å². The Labute approximate surface area is 97.9 Å². The molecular formula is C7H11MgNO5. The van der Waals surface area contributed by atoms with Crippen LogP contribution in [0.15, 0.2) is 0 Å². The standard InChI is InChI=1S/C7H13NO5.Mg/c1-8(2,7(12)13)4-5(9)3-6(10)11;/h5H,3-4H2,1-2H3,(H,10,11)(H,12,13);/q;+2/p-2. The number of nitrogens with zero attached hydrogens (tertiary/aromatic N) is 1. The molecule has 0 heterocycles. The van der Waals surface area contributed by atoms with E-state index in [0.29, 0.717) is 0 Å². The zero-order chi connectivity index (χ0) is 10.6. The van der Waals surface area contributed by atoms with Crippen molar-refractivity contribution in [3.05, 3.63) is 0 Å². The van der Waals surface area contributed by atoms with Crippen LogP contribution in [0.1, 0.15) is 6.42 Å². The quantitative estimate of drug-likeness (QED) is 0.349. The molecule has 0 aliphatic heterocycles. The number of likely N-dealkylation sites (N-methyl/N-ethyl adjacent to an activating group) is 1. The summed E-state index contributed by atoms with van der Waals surface area (Å²) in [5.41, 5.74) is 0. The van der Waals surface area contributed by atoms with Crippen LogP contribution in [-0.2, 0) is 4.79 Å². The van der Waals surface area contributed by atoms with E-state index in [1.165, 1.54) is 14.1 Å². The smallest absolute Gasteiger partial charge is 0.848 e. The van der Waals surface area contributed by atoms with Gasteiger partial charge in [0, 0.05) is 5.97 Å². The van der Waals surface area contributed by atoms with Crippen LogP contribution >= 0.6 is 0 Å². The first kappa shape index (κ1) is 16.1. The fraction of sp³-hybridized carbons (Fsp3) is 0.714. The number of rotatable bonds is 4. The second-order valence-electron chi connectivity index (χ2n) is 3.33. The van der Waals surface area contributed by atoms with E-state index in [9.17, 15) is 24.9 Å². The van der Waals surface area contributed by atoms with Gasteiger partial charge in [0.2, 0.25) is 0 Å². The molecule has 0 aliphatic carbocycles. The van der Waals surface area contributed by atoms with Crippen molar-refractivity contribution in [1.29, 1.82) is 0 Å². The predicted octanol–water partition coefficient (Wildman–Crippen LogP) is -4.11. The van der Waals surface area contributed by atoms with Gasteiger partial charge in [0.1, 0.15) is 0 Å². The van der Waals surface area contributed by atoms with E-state index < -0.39 is 29.1 Å². The maximum atomic E-state index is 10.9. The molecule has 1 atom stereocenters. The number of carbonyl (C=O) groups is 2.